The van der Waals surface area contributed by atoms with E-state index in [-0.39, 0.29) is 0 Å². The van der Waals surface area contributed by atoms with Crippen molar-refractivity contribution in [3.05, 3.63) is 21.4 Å². The molecule has 0 radical (unpaired) electrons. The van der Waals surface area contributed by atoms with Gasteiger partial charge in [0.05, 0.1) is 0 Å². The molecular formula is C11H12F4O2S. The van der Waals surface area contributed by atoms with E-state index < -0.39 is 31.3 Å². The topological polar surface area (TPSA) is 26.3 Å². The highest BCUT2D eigenvalue weighted by Crippen LogP contribution is 2.24. The molecule has 7 heteroatoms. The highest BCUT2D eigenvalue weighted by molar-refractivity contribution is 7.12. The molecule has 0 aliphatic carbocycles. The van der Waals surface area contributed by atoms with E-state index in [1.54, 1.807) is 19.9 Å². The van der Waals surface area contributed by atoms with Crippen molar-refractivity contribution in [3.63, 3.8) is 0 Å². The first-order valence-electron chi connectivity index (χ1n) is 5.08. The maximum absolute atomic E-state index is 12.5. The smallest absolute Gasteiger partial charge is 0.330 e. The quantitative estimate of drug-likeness (QED) is 0.590. The van der Waals surface area contributed by atoms with E-state index in [0.717, 1.165) is 9.75 Å². The first-order valence-corrected chi connectivity index (χ1v) is 5.89. The normalized spacial score (nSPS) is 12.2. The second-order valence-electron chi connectivity index (χ2n) is 3.80. The second kappa shape index (κ2) is 5.79. The maximum atomic E-state index is 12.5. The molecule has 18 heavy (non-hydrogen) atoms. The van der Waals surface area contributed by atoms with Crippen LogP contribution < -0.4 is 0 Å². The molecule has 0 saturated carbocycles. The first-order chi connectivity index (χ1) is 8.24. The zero-order chi connectivity index (χ0) is 13.9. The highest BCUT2D eigenvalue weighted by atomic mass is 32.1. The Morgan fingerprint density at radius 3 is 2.50 bits per heavy atom. The molecule has 0 aromatic carbocycles. The van der Waals surface area contributed by atoms with Gasteiger partial charge in [0.1, 0.15) is 13.2 Å². The van der Waals surface area contributed by atoms with Crippen molar-refractivity contribution in [2.45, 2.75) is 26.2 Å². The summed E-state index contributed by atoms with van der Waals surface area (Å²) in [4.78, 5) is 13.2. The van der Waals surface area contributed by atoms with Crippen LogP contribution in [0.15, 0.2) is 6.07 Å². The van der Waals surface area contributed by atoms with Gasteiger partial charge in [0.25, 0.3) is 0 Å². The van der Waals surface area contributed by atoms with Crippen molar-refractivity contribution in [2.24, 2.45) is 0 Å². The summed E-state index contributed by atoms with van der Waals surface area (Å²) in [5, 5.41) is 0. The van der Waals surface area contributed by atoms with E-state index >= 15 is 0 Å². The molecule has 0 unspecified atom stereocenters. The standard InChI is InChI=1S/C11H12F4O2S/c1-6-3-8(7(2)18-6)9(16)4-17-5-11(14,15)10(12)13/h3,10H,4-5H2,1-2H3. The Bertz CT molecular complexity index is 429. The summed E-state index contributed by atoms with van der Waals surface area (Å²) in [6, 6.07) is 1.62. The van der Waals surface area contributed by atoms with Crippen LogP contribution in [0.1, 0.15) is 20.1 Å². The summed E-state index contributed by atoms with van der Waals surface area (Å²) in [6.45, 7) is 1.44. The van der Waals surface area contributed by atoms with Crippen LogP contribution in [0.5, 0.6) is 0 Å². The molecule has 0 saturated heterocycles. The molecule has 0 aliphatic rings. The molecular weight excluding hydrogens is 272 g/mol. The summed E-state index contributed by atoms with van der Waals surface area (Å²) >= 11 is 1.40. The average molecular weight is 284 g/mol. The number of hydrogen-bond acceptors (Lipinski definition) is 3. The van der Waals surface area contributed by atoms with Gasteiger partial charge in [-0.15, -0.1) is 11.3 Å². The van der Waals surface area contributed by atoms with E-state index in [1.807, 2.05) is 0 Å². The zero-order valence-corrected chi connectivity index (χ0v) is 10.6. The van der Waals surface area contributed by atoms with Crippen LogP contribution in [-0.4, -0.2) is 31.3 Å². The van der Waals surface area contributed by atoms with Gasteiger partial charge in [-0.1, -0.05) is 0 Å². The van der Waals surface area contributed by atoms with Crippen LogP contribution in [0.4, 0.5) is 17.6 Å². The number of aryl methyl sites for hydroxylation is 2. The number of rotatable bonds is 6. The van der Waals surface area contributed by atoms with Gasteiger partial charge in [0, 0.05) is 15.3 Å². The van der Waals surface area contributed by atoms with E-state index in [9.17, 15) is 22.4 Å². The number of alkyl halides is 4. The van der Waals surface area contributed by atoms with Crippen molar-refractivity contribution in [3.8, 4) is 0 Å². The number of ketones is 1. The maximum Gasteiger partial charge on any atom is 0.330 e. The minimum atomic E-state index is -4.22. The fourth-order valence-electron chi connectivity index (χ4n) is 1.33. The third-order valence-electron chi connectivity index (χ3n) is 2.19. The third-order valence-corrected chi connectivity index (χ3v) is 3.15. The van der Waals surface area contributed by atoms with Gasteiger partial charge in [0.15, 0.2) is 5.78 Å². The van der Waals surface area contributed by atoms with Crippen LogP contribution in [0, 0.1) is 13.8 Å². The van der Waals surface area contributed by atoms with Crippen molar-refractivity contribution >= 4 is 17.1 Å². The summed E-state index contributed by atoms with van der Waals surface area (Å²) in [6.07, 6.45) is -3.79. The fourth-order valence-corrected chi connectivity index (χ4v) is 2.27. The van der Waals surface area contributed by atoms with Crippen LogP contribution in [0.25, 0.3) is 0 Å². The van der Waals surface area contributed by atoms with Gasteiger partial charge in [0.2, 0.25) is 0 Å². The molecule has 1 heterocycles. The zero-order valence-electron chi connectivity index (χ0n) is 9.81. The number of carbonyl (C=O) groups excluding carboxylic acids is 1. The van der Waals surface area contributed by atoms with Crippen molar-refractivity contribution in [1.82, 2.24) is 0 Å². The lowest BCUT2D eigenvalue weighted by Crippen LogP contribution is -2.33. The van der Waals surface area contributed by atoms with Gasteiger partial charge in [-0.2, -0.15) is 8.78 Å². The molecule has 1 aromatic heterocycles. The highest BCUT2D eigenvalue weighted by Gasteiger charge is 2.41. The number of ether oxygens (including phenoxy) is 1. The van der Waals surface area contributed by atoms with Crippen LogP contribution in [0.3, 0.4) is 0 Å². The number of Topliss-reactive ketones (excluding diaryl/α,β-unsaturated/α-hetero) is 1. The molecule has 1 rings (SSSR count). The lowest BCUT2D eigenvalue weighted by Gasteiger charge is -2.14. The summed E-state index contributed by atoms with van der Waals surface area (Å²) in [7, 11) is 0. The van der Waals surface area contributed by atoms with E-state index in [4.69, 9.17) is 0 Å². The lowest BCUT2D eigenvalue weighted by molar-refractivity contribution is -0.163. The Labute approximate surface area is 106 Å². The van der Waals surface area contributed by atoms with Gasteiger partial charge >= 0.3 is 12.3 Å². The fraction of sp³-hybridized carbons (Fsp3) is 0.545. The van der Waals surface area contributed by atoms with Crippen molar-refractivity contribution in [2.75, 3.05) is 13.2 Å². The predicted molar refractivity (Wildman–Crippen MR) is 59.9 cm³/mol. The van der Waals surface area contributed by atoms with Gasteiger partial charge in [-0.05, 0) is 19.9 Å². The monoisotopic (exact) mass is 284 g/mol. The molecule has 0 bridgehead atoms. The first kappa shape index (κ1) is 15.1. The molecule has 0 spiro atoms. The number of hydrogen-bond donors (Lipinski definition) is 0. The van der Waals surface area contributed by atoms with E-state index in [0.29, 0.717) is 5.56 Å². The number of thiophene rings is 1. The number of carbonyl (C=O) groups is 1. The molecule has 0 fully saturated rings. The largest absolute Gasteiger partial charge is 0.367 e. The molecule has 1 aromatic rings. The minimum Gasteiger partial charge on any atom is -0.367 e. The van der Waals surface area contributed by atoms with E-state index in [1.165, 1.54) is 11.3 Å². The third kappa shape index (κ3) is 3.78. The van der Waals surface area contributed by atoms with Crippen LogP contribution in [0.2, 0.25) is 0 Å². The van der Waals surface area contributed by atoms with Crippen LogP contribution >= 0.6 is 11.3 Å². The van der Waals surface area contributed by atoms with Gasteiger partial charge in [-0.3, -0.25) is 4.79 Å². The molecule has 0 atom stereocenters. The molecule has 0 amide bonds. The Kier molecular flexibility index (Phi) is 4.86. The van der Waals surface area contributed by atoms with Gasteiger partial charge in [-0.25, -0.2) is 8.78 Å². The lowest BCUT2D eigenvalue weighted by atomic mass is 10.2. The summed E-state index contributed by atoms with van der Waals surface area (Å²) in [5.41, 5.74) is 0.387. The Hall–Kier alpha value is -0.950. The van der Waals surface area contributed by atoms with Crippen molar-refractivity contribution in [1.29, 1.82) is 0 Å². The SMILES string of the molecule is Cc1cc(C(=O)COCC(F)(F)C(F)F)c(C)s1. The molecule has 102 valence electrons. The van der Waals surface area contributed by atoms with Crippen molar-refractivity contribution < 1.29 is 27.1 Å². The molecule has 0 aliphatic heterocycles. The minimum absolute atomic E-state index is 0.387. The Morgan fingerprint density at radius 1 is 1.44 bits per heavy atom. The summed E-state index contributed by atoms with van der Waals surface area (Å²) < 4.78 is 53.0. The average Bonchev–Trinajstić information content (AvgIpc) is 2.57. The Morgan fingerprint density at radius 2 is 2.06 bits per heavy atom. The number of halogens is 4. The van der Waals surface area contributed by atoms with Crippen LogP contribution in [-0.2, 0) is 4.74 Å². The van der Waals surface area contributed by atoms with E-state index in [2.05, 4.69) is 4.74 Å². The Balaban J connectivity index is 2.50. The predicted octanol–water partition coefficient (Wildman–Crippen LogP) is 3.46. The summed E-state index contributed by atoms with van der Waals surface area (Å²) in [5.74, 6) is -4.71. The van der Waals surface area contributed by atoms with Gasteiger partial charge < -0.3 is 4.74 Å². The second-order valence-corrected chi connectivity index (χ2v) is 5.27. The molecule has 0 N–H and O–H groups in total. The molecule has 2 nitrogen and oxygen atoms in total.